The molecule has 7 aromatic rings. The van der Waals surface area contributed by atoms with Crippen molar-refractivity contribution in [3.63, 3.8) is 0 Å². The van der Waals surface area contributed by atoms with E-state index in [1.165, 1.54) is 95.0 Å². The Balaban J connectivity index is 0.883. The second-order valence-corrected chi connectivity index (χ2v) is 17.1. The maximum Gasteiger partial charge on any atom is 0.0458 e. The maximum absolute atomic E-state index is 2.46. The van der Waals surface area contributed by atoms with Gasteiger partial charge in [0.1, 0.15) is 0 Å². The van der Waals surface area contributed by atoms with Gasteiger partial charge in [0.2, 0.25) is 0 Å². The molecule has 0 bridgehead atoms. The number of hydrogen-bond acceptors (Lipinski definition) is 2. The summed E-state index contributed by atoms with van der Waals surface area (Å²) in [4.78, 5) is 4.89. The Kier molecular flexibility index (Phi) is 11.8. The molecule has 0 saturated carbocycles. The quantitative estimate of drug-likeness (QED) is 0.128. The molecule has 3 aliphatic rings. The van der Waals surface area contributed by atoms with Crippen molar-refractivity contribution in [2.24, 2.45) is 0 Å². The Morgan fingerprint density at radius 2 is 1.27 bits per heavy atom. The number of benzene rings is 7. The van der Waals surface area contributed by atoms with Crippen LogP contribution in [-0.2, 0) is 0 Å². The van der Waals surface area contributed by atoms with E-state index in [0.29, 0.717) is 5.92 Å². The van der Waals surface area contributed by atoms with Gasteiger partial charge in [-0.05, 0) is 161 Å². The molecule has 0 saturated heterocycles. The first kappa shape index (κ1) is 40.6. The van der Waals surface area contributed by atoms with Crippen LogP contribution < -0.4 is 9.80 Å². The summed E-state index contributed by atoms with van der Waals surface area (Å²) in [5.41, 5.74) is 19.0. The van der Waals surface area contributed by atoms with Crippen LogP contribution in [0.1, 0.15) is 67.2 Å². The molecule has 0 heterocycles. The zero-order valence-electron chi connectivity index (χ0n) is 36.9. The van der Waals surface area contributed by atoms with Crippen LogP contribution in [0.3, 0.4) is 0 Å². The average Bonchev–Trinajstić information content (AvgIpc) is 3.36. The minimum atomic E-state index is 0.303. The van der Waals surface area contributed by atoms with Crippen molar-refractivity contribution in [2.45, 2.75) is 51.9 Å². The Labute approximate surface area is 379 Å². The molecule has 0 aliphatic heterocycles. The number of aryl methyl sites for hydroxylation is 1. The summed E-state index contributed by atoms with van der Waals surface area (Å²) in [5.74, 6) is 0.303. The first-order chi connectivity index (χ1) is 31.6. The summed E-state index contributed by atoms with van der Waals surface area (Å²) in [6, 6.07) is 60.2. The van der Waals surface area contributed by atoms with E-state index in [-0.39, 0.29) is 0 Å². The van der Waals surface area contributed by atoms with Gasteiger partial charge in [-0.25, -0.2) is 0 Å². The summed E-state index contributed by atoms with van der Waals surface area (Å²) in [7, 11) is 0. The summed E-state index contributed by atoms with van der Waals surface area (Å²) in [6.07, 6.45) is 27.9. The molecule has 0 fully saturated rings. The molecule has 312 valence electrons. The van der Waals surface area contributed by atoms with Crippen LogP contribution >= 0.6 is 0 Å². The lowest BCUT2D eigenvalue weighted by Crippen LogP contribution is -2.23. The Morgan fingerprint density at radius 1 is 0.562 bits per heavy atom. The molecule has 0 radical (unpaired) electrons. The molecule has 64 heavy (non-hydrogen) atoms. The fraction of sp³-hybridized carbons (Fsp3) is 0.129. The maximum atomic E-state index is 2.46. The lowest BCUT2D eigenvalue weighted by Gasteiger charge is -2.32. The van der Waals surface area contributed by atoms with Gasteiger partial charge in [-0.3, -0.25) is 0 Å². The van der Waals surface area contributed by atoms with E-state index < -0.39 is 0 Å². The summed E-state index contributed by atoms with van der Waals surface area (Å²) in [6.45, 7) is 4.28. The first-order valence-corrected chi connectivity index (χ1v) is 22.9. The predicted octanol–water partition coefficient (Wildman–Crippen LogP) is 17.1. The fourth-order valence-corrected chi connectivity index (χ4v) is 9.74. The van der Waals surface area contributed by atoms with Crippen molar-refractivity contribution in [1.82, 2.24) is 0 Å². The van der Waals surface area contributed by atoms with Gasteiger partial charge in [0, 0.05) is 40.1 Å². The van der Waals surface area contributed by atoms with Gasteiger partial charge < -0.3 is 9.80 Å². The predicted molar refractivity (Wildman–Crippen MR) is 275 cm³/mol. The normalized spacial score (nSPS) is 16.0. The van der Waals surface area contributed by atoms with Gasteiger partial charge in [-0.2, -0.15) is 0 Å². The SMILES string of the molecule is C/C=C\c1c(C)cccc1-c1ccc(N(C2=CCC(c3cccc(-c4ccc(N(C5=CC=C(c6cccc7ccccc67)CC5)c5ccccc5)cc4)c3)C=C2)C2=CC=CCC2)cc1. The van der Waals surface area contributed by atoms with Crippen LogP contribution in [-0.4, -0.2) is 0 Å². The summed E-state index contributed by atoms with van der Waals surface area (Å²) >= 11 is 0. The molecule has 7 aromatic carbocycles. The highest BCUT2D eigenvalue weighted by Gasteiger charge is 2.22. The molecule has 2 heteroatoms. The fourth-order valence-electron chi connectivity index (χ4n) is 9.74. The third-order valence-electron chi connectivity index (χ3n) is 13.0. The minimum absolute atomic E-state index is 0.303. The van der Waals surface area contributed by atoms with Crippen LogP contribution in [0.4, 0.5) is 17.1 Å². The molecule has 3 aliphatic carbocycles. The molecule has 0 spiro atoms. The zero-order valence-corrected chi connectivity index (χ0v) is 36.9. The molecule has 2 nitrogen and oxygen atoms in total. The van der Waals surface area contributed by atoms with E-state index in [2.05, 4.69) is 248 Å². The second kappa shape index (κ2) is 18.5. The molecule has 0 aromatic heterocycles. The Hall–Kier alpha value is -7.42. The van der Waals surface area contributed by atoms with Gasteiger partial charge in [0.25, 0.3) is 0 Å². The van der Waals surface area contributed by atoms with E-state index in [1.807, 2.05) is 0 Å². The van der Waals surface area contributed by atoms with E-state index in [0.717, 1.165) is 32.1 Å². The van der Waals surface area contributed by atoms with E-state index in [1.54, 1.807) is 0 Å². The number of fused-ring (bicyclic) bond motifs is 1. The number of para-hydroxylation sites is 1. The highest BCUT2D eigenvalue weighted by molar-refractivity contribution is 5.94. The monoisotopic (exact) mass is 826 g/mol. The van der Waals surface area contributed by atoms with Crippen LogP contribution in [0.25, 0.3) is 44.7 Å². The third kappa shape index (κ3) is 8.40. The van der Waals surface area contributed by atoms with Crippen molar-refractivity contribution >= 4 is 39.5 Å². The van der Waals surface area contributed by atoms with Crippen molar-refractivity contribution in [3.05, 3.63) is 258 Å². The van der Waals surface area contributed by atoms with Crippen molar-refractivity contribution in [2.75, 3.05) is 9.80 Å². The number of hydrogen-bond donors (Lipinski definition) is 0. The van der Waals surface area contributed by atoms with E-state index in [9.17, 15) is 0 Å². The summed E-state index contributed by atoms with van der Waals surface area (Å²) < 4.78 is 0. The molecule has 0 amide bonds. The second-order valence-electron chi connectivity index (χ2n) is 17.1. The van der Waals surface area contributed by atoms with Gasteiger partial charge in [0.15, 0.2) is 0 Å². The van der Waals surface area contributed by atoms with Crippen molar-refractivity contribution in [3.8, 4) is 22.3 Å². The van der Waals surface area contributed by atoms with Crippen LogP contribution in [0.5, 0.6) is 0 Å². The average molecular weight is 827 g/mol. The highest BCUT2D eigenvalue weighted by Crippen LogP contribution is 2.40. The third-order valence-corrected chi connectivity index (χ3v) is 13.0. The van der Waals surface area contributed by atoms with E-state index in [4.69, 9.17) is 0 Å². The number of allylic oxidation sites excluding steroid dienone is 12. The van der Waals surface area contributed by atoms with Gasteiger partial charge in [0.05, 0.1) is 0 Å². The molecule has 10 rings (SSSR count). The van der Waals surface area contributed by atoms with Crippen LogP contribution in [0.2, 0.25) is 0 Å². The van der Waals surface area contributed by atoms with Crippen molar-refractivity contribution < 1.29 is 0 Å². The minimum Gasteiger partial charge on any atom is -0.315 e. The molecule has 0 N–H and O–H groups in total. The number of rotatable bonds is 11. The largest absolute Gasteiger partial charge is 0.315 e. The summed E-state index contributed by atoms with van der Waals surface area (Å²) in [5, 5.41) is 2.61. The lowest BCUT2D eigenvalue weighted by atomic mass is 9.89. The van der Waals surface area contributed by atoms with Crippen LogP contribution in [0.15, 0.2) is 236 Å². The standard InChI is InChI=1S/C62H54N2/c1-3-15-59-45(2)16-12-26-60(59)49-32-40-57(41-33-49)63(53-21-6-4-7-22-53)55-36-28-46(29-37-55)51-19-13-20-52(44-51)47-30-38-56(39-31-47)64(54-23-8-5-9-24-54)58-42-34-50(35-43-58)62-27-14-18-48-17-10-11-25-61(48)62/h3-6,8-21,23-28,30-34,36-42,44,46H,7,22,29,35,43H2,1-2H3/b15-3-. The first-order valence-electron chi connectivity index (χ1n) is 22.9. The van der Waals surface area contributed by atoms with E-state index >= 15 is 0 Å². The Morgan fingerprint density at radius 3 is 2.02 bits per heavy atom. The molecular formula is C62H54N2. The van der Waals surface area contributed by atoms with Gasteiger partial charge in [-0.15, -0.1) is 0 Å². The number of nitrogens with zero attached hydrogens (tertiary/aromatic N) is 2. The van der Waals surface area contributed by atoms with Gasteiger partial charge in [-0.1, -0.05) is 170 Å². The molecule has 1 unspecified atom stereocenters. The van der Waals surface area contributed by atoms with Gasteiger partial charge >= 0.3 is 0 Å². The zero-order chi connectivity index (χ0) is 43.2. The lowest BCUT2D eigenvalue weighted by molar-refractivity contribution is 0.826. The van der Waals surface area contributed by atoms with Crippen LogP contribution in [0, 0.1) is 6.92 Å². The van der Waals surface area contributed by atoms with Crippen molar-refractivity contribution in [1.29, 1.82) is 0 Å². The highest BCUT2D eigenvalue weighted by atomic mass is 15.2. The molecule has 1 atom stereocenters. The molecular weight excluding hydrogens is 773 g/mol. The Bertz CT molecular complexity index is 3020. The topological polar surface area (TPSA) is 6.48 Å². The smallest absolute Gasteiger partial charge is 0.0458 e. The number of anilines is 3.